The van der Waals surface area contributed by atoms with Crippen LogP contribution in [0.1, 0.15) is 12.8 Å². The normalized spacial score (nSPS) is 15.5. The number of rotatable bonds is 7. The fourth-order valence-electron chi connectivity index (χ4n) is 2.22. The van der Waals surface area contributed by atoms with Gasteiger partial charge < -0.3 is 26.4 Å². The lowest BCUT2D eigenvalue weighted by Gasteiger charge is -2.13. The predicted molar refractivity (Wildman–Crippen MR) is 99.1 cm³/mol. The van der Waals surface area contributed by atoms with Crippen molar-refractivity contribution in [1.29, 1.82) is 0 Å². The highest BCUT2D eigenvalue weighted by Gasteiger charge is 2.15. The molecule has 10 heteroatoms. The maximum Gasteiger partial charge on any atom is 0.243 e. The van der Waals surface area contributed by atoms with Gasteiger partial charge >= 0.3 is 0 Å². The van der Waals surface area contributed by atoms with Crippen LogP contribution in [0.25, 0.3) is 0 Å². The van der Waals surface area contributed by atoms with E-state index in [4.69, 9.17) is 10.5 Å². The summed E-state index contributed by atoms with van der Waals surface area (Å²) in [6, 6.07) is 4.36. The van der Waals surface area contributed by atoms with Crippen LogP contribution in [0.2, 0.25) is 0 Å². The lowest BCUT2D eigenvalue weighted by Crippen LogP contribution is -2.36. The predicted octanol–water partition coefficient (Wildman–Crippen LogP) is 1.27. The number of carbonyl (C=O) groups is 2. The Kier molecular flexibility index (Phi) is 11.1. The van der Waals surface area contributed by atoms with Crippen molar-refractivity contribution in [3.8, 4) is 0 Å². The van der Waals surface area contributed by atoms with E-state index in [-0.39, 0.29) is 44.0 Å². The summed E-state index contributed by atoms with van der Waals surface area (Å²) >= 11 is 0. The summed E-state index contributed by atoms with van der Waals surface area (Å²) in [4.78, 5) is 22.6. The van der Waals surface area contributed by atoms with Gasteiger partial charge in [-0.2, -0.15) is 0 Å². The second-order valence-electron chi connectivity index (χ2n) is 5.24. The summed E-state index contributed by atoms with van der Waals surface area (Å²) in [7, 11) is 0. The van der Waals surface area contributed by atoms with E-state index in [1.165, 1.54) is 6.07 Å². The number of amides is 2. The third-order valence-corrected chi connectivity index (χ3v) is 3.43. The molecule has 1 unspecified atom stereocenters. The van der Waals surface area contributed by atoms with E-state index in [0.717, 1.165) is 19.4 Å². The molecule has 2 amide bonds. The first-order valence-electron chi connectivity index (χ1n) is 7.50. The summed E-state index contributed by atoms with van der Waals surface area (Å²) in [5.41, 5.74) is 5.79. The third kappa shape index (κ3) is 7.87. The van der Waals surface area contributed by atoms with E-state index in [0.29, 0.717) is 17.9 Å². The molecule has 0 aromatic heterocycles. The molecule has 7 nitrogen and oxygen atoms in total. The van der Waals surface area contributed by atoms with Gasteiger partial charge in [0.25, 0.3) is 0 Å². The number of nitrogens with one attached hydrogen (secondary N) is 3. The van der Waals surface area contributed by atoms with Gasteiger partial charge in [-0.1, -0.05) is 0 Å². The van der Waals surface area contributed by atoms with E-state index >= 15 is 0 Å². The van der Waals surface area contributed by atoms with Crippen LogP contribution in [-0.4, -0.2) is 44.2 Å². The summed E-state index contributed by atoms with van der Waals surface area (Å²) in [5.74, 6) is -1.35. The average molecular weight is 397 g/mol. The molecular formula is C15H23Cl2FN4O3. The first kappa shape index (κ1) is 23.4. The number of hydrogen-bond donors (Lipinski definition) is 4. The first-order chi connectivity index (χ1) is 11.1. The van der Waals surface area contributed by atoms with Crippen LogP contribution in [0, 0.1) is 5.82 Å². The van der Waals surface area contributed by atoms with Crippen LogP contribution in [0.15, 0.2) is 18.2 Å². The fraction of sp³-hybridized carbons (Fsp3) is 0.467. The molecule has 0 bridgehead atoms. The summed E-state index contributed by atoms with van der Waals surface area (Å²) in [5, 5.41) is 7.83. The minimum absolute atomic E-state index is 0. The molecule has 1 aromatic carbocycles. The zero-order valence-electron chi connectivity index (χ0n) is 13.5. The molecule has 0 spiro atoms. The van der Waals surface area contributed by atoms with Gasteiger partial charge in [-0.25, -0.2) is 4.39 Å². The topological polar surface area (TPSA) is 105 Å². The van der Waals surface area contributed by atoms with Crippen LogP contribution >= 0.6 is 24.8 Å². The largest absolute Gasteiger partial charge is 0.380 e. The van der Waals surface area contributed by atoms with Gasteiger partial charge in [-0.15, -0.1) is 24.8 Å². The molecule has 1 atom stereocenters. The van der Waals surface area contributed by atoms with Crippen LogP contribution < -0.4 is 21.7 Å². The Bertz CT molecular complexity index is 572. The van der Waals surface area contributed by atoms with Crippen LogP contribution in [0.4, 0.5) is 15.8 Å². The fourth-order valence-corrected chi connectivity index (χ4v) is 2.22. The van der Waals surface area contributed by atoms with E-state index in [9.17, 15) is 14.0 Å². The molecule has 1 aliphatic heterocycles. The number of nitrogens with two attached hydrogens (primary N) is 1. The van der Waals surface area contributed by atoms with E-state index in [2.05, 4.69) is 16.0 Å². The SMILES string of the molecule is Cl.Cl.NCC(=O)NCC(=O)Nc1ccc(NCC2CCCO2)c(F)c1. The van der Waals surface area contributed by atoms with Gasteiger partial charge in [0.15, 0.2) is 0 Å². The Labute approximate surface area is 158 Å². The Morgan fingerprint density at radius 2 is 2.04 bits per heavy atom. The van der Waals surface area contributed by atoms with Gasteiger partial charge in [0, 0.05) is 18.8 Å². The van der Waals surface area contributed by atoms with E-state index in [1.54, 1.807) is 12.1 Å². The standard InChI is InChI=1S/C15H21FN4O3.2ClH/c16-12-6-10(20-15(22)9-19-14(21)7-17)3-4-13(12)18-8-11-2-1-5-23-11;;/h3-4,6,11,18H,1-2,5,7-9,17H2,(H,19,21)(H,20,22);2*1H. The Hall–Kier alpha value is -1.61. The highest BCUT2D eigenvalue weighted by molar-refractivity contribution is 5.94. The molecule has 0 radical (unpaired) electrons. The second-order valence-corrected chi connectivity index (χ2v) is 5.24. The quantitative estimate of drug-likeness (QED) is 0.555. The van der Waals surface area contributed by atoms with E-state index < -0.39 is 17.6 Å². The smallest absolute Gasteiger partial charge is 0.243 e. The molecule has 0 aliphatic carbocycles. The molecule has 1 aliphatic rings. The minimum atomic E-state index is -0.466. The van der Waals surface area contributed by atoms with Crippen molar-refractivity contribution in [1.82, 2.24) is 5.32 Å². The van der Waals surface area contributed by atoms with Crippen molar-refractivity contribution in [2.45, 2.75) is 18.9 Å². The Morgan fingerprint density at radius 1 is 1.28 bits per heavy atom. The molecule has 142 valence electrons. The number of benzene rings is 1. The molecule has 1 fully saturated rings. The van der Waals surface area contributed by atoms with Crippen LogP contribution in [-0.2, 0) is 14.3 Å². The molecule has 5 N–H and O–H groups in total. The third-order valence-electron chi connectivity index (χ3n) is 3.43. The maximum absolute atomic E-state index is 14.0. The Morgan fingerprint density at radius 3 is 2.64 bits per heavy atom. The van der Waals surface area contributed by atoms with Gasteiger partial charge in [0.2, 0.25) is 11.8 Å². The monoisotopic (exact) mass is 396 g/mol. The van der Waals surface area contributed by atoms with Crippen molar-refractivity contribution < 1.29 is 18.7 Å². The van der Waals surface area contributed by atoms with Gasteiger partial charge in [0.1, 0.15) is 5.82 Å². The number of carbonyl (C=O) groups excluding carboxylic acids is 2. The first-order valence-corrected chi connectivity index (χ1v) is 7.50. The van der Waals surface area contributed by atoms with Gasteiger partial charge in [-0.05, 0) is 31.0 Å². The van der Waals surface area contributed by atoms with Crippen molar-refractivity contribution in [2.24, 2.45) is 5.73 Å². The number of halogens is 3. The molecule has 0 saturated carbocycles. The highest BCUT2D eigenvalue weighted by atomic mass is 35.5. The lowest BCUT2D eigenvalue weighted by atomic mass is 10.2. The zero-order valence-corrected chi connectivity index (χ0v) is 15.2. The van der Waals surface area contributed by atoms with Crippen molar-refractivity contribution in [3.63, 3.8) is 0 Å². The van der Waals surface area contributed by atoms with Crippen LogP contribution in [0.5, 0.6) is 0 Å². The van der Waals surface area contributed by atoms with E-state index in [1.807, 2.05) is 0 Å². The molecule has 2 rings (SSSR count). The average Bonchev–Trinajstić information content (AvgIpc) is 3.05. The molecule has 1 saturated heterocycles. The molecule has 1 heterocycles. The zero-order chi connectivity index (χ0) is 16.7. The summed E-state index contributed by atoms with van der Waals surface area (Å²) in [6.07, 6.45) is 2.11. The Balaban J connectivity index is 0.00000288. The van der Waals surface area contributed by atoms with Gasteiger partial charge in [0.05, 0.1) is 24.9 Å². The second kappa shape index (κ2) is 11.9. The number of anilines is 2. The number of hydrogen-bond acceptors (Lipinski definition) is 5. The maximum atomic E-state index is 14.0. The molecule has 1 aromatic rings. The lowest BCUT2D eigenvalue weighted by molar-refractivity contribution is -0.123. The van der Waals surface area contributed by atoms with Gasteiger partial charge in [-0.3, -0.25) is 9.59 Å². The molecule has 25 heavy (non-hydrogen) atoms. The highest BCUT2D eigenvalue weighted by Crippen LogP contribution is 2.20. The van der Waals surface area contributed by atoms with Crippen molar-refractivity contribution in [2.75, 3.05) is 36.9 Å². The summed E-state index contributed by atoms with van der Waals surface area (Å²) in [6.45, 7) is 0.901. The van der Waals surface area contributed by atoms with Crippen molar-refractivity contribution in [3.05, 3.63) is 24.0 Å². The minimum Gasteiger partial charge on any atom is -0.380 e. The number of ether oxygens (including phenoxy) is 1. The summed E-state index contributed by atoms with van der Waals surface area (Å²) < 4.78 is 19.5. The van der Waals surface area contributed by atoms with Crippen LogP contribution in [0.3, 0.4) is 0 Å². The molecular weight excluding hydrogens is 374 g/mol. The van der Waals surface area contributed by atoms with Crippen molar-refractivity contribution >= 4 is 48.0 Å².